The highest BCUT2D eigenvalue weighted by Gasteiger charge is 2.16. The Balaban J connectivity index is 1.66. The average molecular weight is 467 g/mol. The van der Waals surface area contributed by atoms with Gasteiger partial charge in [-0.15, -0.1) is 11.3 Å². The number of amides is 2. The van der Waals surface area contributed by atoms with Crippen molar-refractivity contribution in [1.29, 1.82) is 0 Å². The van der Waals surface area contributed by atoms with E-state index in [4.69, 9.17) is 5.14 Å². The fraction of sp³-hybridized carbons (Fsp3) is 0.0526. The van der Waals surface area contributed by atoms with Gasteiger partial charge in [-0.3, -0.25) is 9.59 Å². The van der Waals surface area contributed by atoms with E-state index < -0.39 is 39.2 Å². The average Bonchev–Trinajstić information content (AvgIpc) is 3.15. The van der Waals surface area contributed by atoms with Crippen LogP contribution in [0.5, 0.6) is 5.75 Å². The number of carbonyl (C=O) groups excluding carboxylic acids is 2. The van der Waals surface area contributed by atoms with Crippen molar-refractivity contribution in [1.82, 2.24) is 5.32 Å². The molecule has 0 aliphatic heterocycles. The Hall–Kier alpha value is -3.35. The van der Waals surface area contributed by atoms with Gasteiger partial charge in [0.1, 0.15) is 21.6 Å². The van der Waals surface area contributed by atoms with E-state index in [1.54, 1.807) is 0 Å². The molecule has 3 aromatic rings. The Bertz CT molecular complexity index is 1260. The van der Waals surface area contributed by atoms with Crippen molar-refractivity contribution in [2.45, 2.75) is 10.8 Å². The van der Waals surface area contributed by atoms with Crippen LogP contribution in [0.1, 0.15) is 25.6 Å². The van der Waals surface area contributed by atoms with Gasteiger partial charge in [-0.1, -0.05) is 0 Å². The maximum Gasteiger partial charge on any atom is 0.255 e. The lowest BCUT2D eigenvalue weighted by molar-refractivity contribution is 0.0948. The van der Waals surface area contributed by atoms with Gasteiger partial charge in [0.15, 0.2) is 0 Å². The second kappa shape index (κ2) is 8.79. The standard InChI is InChI=1S/C19H15F2N3O5S2/c20-11-5-10(6-12(21)7-11)18(26)24-13-1-3-15(16(25)8-13)19(27)23-9-14-2-4-17(30-14)31(22,28)29/h1-8,25H,9H2,(H,23,27)(H,24,26)(H2,22,28,29). The van der Waals surface area contributed by atoms with Gasteiger partial charge < -0.3 is 15.7 Å². The van der Waals surface area contributed by atoms with E-state index in [2.05, 4.69) is 10.6 Å². The summed E-state index contributed by atoms with van der Waals surface area (Å²) >= 11 is 0.899. The lowest BCUT2D eigenvalue weighted by Gasteiger charge is -2.09. The van der Waals surface area contributed by atoms with Gasteiger partial charge in [0, 0.05) is 28.3 Å². The second-order valence-corrected chi connectivity index (χ2v) is 9.25. The molecule has 2 aromatic carbocycles. The number of phenols is 1. The van der Waals surface area contributed by atoms with Crippen molar-refractivity contribution >= 4 is 38.9 Å². The number of thiophene rings is 1. The van der Waals surface area contributed by atoms with Gasteiger partial charge in [-0.2, -0.15) is 0 Å². The second-order valence-electron chi connectivity index (χ2n) is 6.29. The van der Waals surface area contributed by atoms with Crippen LogP contribution >= 0.6 is 11.3 Å². The molecule has 0 unspecified atom stereocenters. The van der Waals surface area contributed by atoms with Gasteiger partial charge in [0.25, 0.3) is 11.8 Å². The van der Waals surface area contributed by atoms with Crippen LogP contribution in [-0.2, 0) is 16.6 Å². The van der Waals surface area contributed by atoms with Crippen LogP contribution in [0.3, 0.4) is 0 Å². The van der Waals surface area contributed by atoms with E-state index in [1.807, 2.05) is 0 Å². The van der Waals surface area contributed by atoms with E-state index in [0.717, 1.165) is 29.5 Å². The minimum atomic E-state index is -3.83. The number of nitrogens with two attached hydrogens (primary N) is 1. The molecule has 0 saturated carbocycles. The first-order chi connectivity index (χ1) is 14.5. The minimum Gasteiger partial charge on any atom is -0.507 e. The monoisotopic (exact) mass is 467 g/mol. The number of sulfonamides is 1. The molecule has 12 heteroatoms. The first-order valence-corrected chi connectivity index (χ1v) is 10.9. The van der Waals surface area contributed by atoms with Crippen LogP contribution in [0.25, 0.3) is 0 Å². The predicted octanol–water partition coefficient (Wildman–Crippen LogP) is 2.56. The van der Waals surface area contributed by atoms with E-state index >= 15 is 0 Å². The number of hydrogen-bond acceptors (Lipinski definition) is 6. The number of primary sulfonamides is 1. The van der Waals surface area contributed by atoms with Crippen molar-refractivity contribution in [2.75, 3.05) is 5.32 Å². The minimum absolute atomic E-state index is 0.00207. The smallest absolute Gasteiger partial charge is 0.255 e. The van der Waals surface area contributed by atoms with E-state index in [-0.39, 0.29) is 27.6 Å². The molecular formula is C19H15F2N3O5S2. The van der Waals surface area contributed by atoms with Crippen LogP contribution < -0.4 is 15.8 Å². The normalized spacial score (nSPS) is 11.2. The molecule has 0 atom stereocenters. The number of halogens is 2. The number of carbonyl (C=O) groups is 2. The van der Waals surface area contributed by atoms with Gasteiger partial charge >= 0.3 is 0 Å². The summed E-state index contributed by atoms with van der Waals surface area (Å²) < 4.78 is 49.0. The van der Waals surface area contributed by atoms with Crippen molar-refractivity contribution in [3.63, 3.8) is 0 Å². The third-order valence-electron chi connectivity index (χ3n) is 3.97. The Labute approximate surface area is 179 Å². The zero-order valence-corrected chi connectivity index (χ0v) is 17.2. The molecule has 162 valence electrons. The van der Waals surface area contributed by atoms with E-state index in [0.29, 0.717) is 10.9 Å². The number of anilines is 1. The van der Waals surface area contributed by atoms with Crippen molar-refractivity contribution in [2.24, 2.45) is 5.14 Å². The maximum atomic E-state index is 13.2. The molecule has 31 heavy (non-hydrogen) atoms. The summed E-state index contributed by atoms with van der Waals surface area (Å²) in [6.07, 6.45) is 0. The largest absolute Gasteiger partial charge is 0.507 e. The molecule has 5 N–H and O–H groups in total. The third kappa shape index (κ3) is 5.63. The Morgan fingerprint density at radius 3 is 2.26 bits per heavy atom. The van der Waals surface area contributed by atoms with Crippen LogP contribution in [0.4, 0.5) is 14.5 Å². The molecule has 0 fully saturated rings. The molecule has 8 nitrogen and oxygen atoms in total. The third-order valence-corrected chi connectivity index (χ3v) is 6.49. The van der Waals surface area contributed by atoms with Gasteiger partial charge in [0.2, 0.25) is 10.0 Å². The van der Waals surface area contributed by atoms with Gasteiger partial charge in [-0.25, -0.2) is 22.3 Å². The highest BCUT2D eigenvalue weighted by atomic mass is 32.2. The van der Waals surface area contributed by atoms with E-state index in [1.165, 1.54) is 24.3 Å². The Morgan fingerprint density at radius 1 is 1.00 bits per heavy atom. The maximum absolute atomic E-state index is 13.2. The molecule has 0 radical (unpaired) electrons. The lowest BCUT2D eigenvalue weighted by Crippen LogP contribution is -2.22. The fourth-order valence-electron chi connectivity index (χ4n) is 2.56. The first kappa shape index (κ1) is 22.3. The number of nitrogens with one attached hydrogen (secondary N) is 2. The topological polar surface area (TPSA) is 139 Å². The van der Waals surface area contributed by atoms with Crippen molar-refractivity contribution < 1.29 is 31.9 Å². The SMILES string of the molecule is NS(=O)(=O)c1ccc(CNC(=O)c2ccc(NC(=O)c3cc(F)cc(F)c3)cc2O)s1. The number of phenolic OH excluding ortho intramolecular Hbond substituents is 1. The zero-order chi connectivity index (χ0) is 22.8. The molecule has 2 amide bonds. The molecule has 0 spiro atoms. The van der Waals surface area contributed by atoms with Gasteiger partial charge in [-0.05, 0) is 36.4 Å². The molecule has 0 aliphatic carbocycles. The van der Waals surface area contributed by atoms with Crippen LogP contribution in [0.2, 0.25) is 0 Å². The summed E-state index contributed by atoms with van der Waals surface area (Å²) in [5.41, 5.74) is -0.258. The first-order valence-electron chi connectivity index (χ1n) is 8.53. The highest BCUT2D eigenvalue weighted by molar-refractivity contribution is 7.91. The number of benzene rings is 2. The van der Waals surface area contributed by atoms with E-state index in [9.17, 15) is 31.9 Å². The van der Waals surface area contributed by atoms with Crippen LogP contribution in [0, 0.1) is 11.6 Å². The van der Waals surface area contributed by atoms with Crippen molar-refractivity contribution in [3.05, 3.63) is 76.2 Å². The quantitative estimate of drug-likeness (QED) is 0.441. The van der Waals surface area contributed by atoms with Gasteiger partial charge in [0.05, 0.1) is 12.1 Å². The number of aromatic hydroxyl groups is 1. The summed E-state index contributed by atoms with van der Waals surface area (Å²) in [5.74, 6) is -3.73. The van der Waals surface area contributed by atoms with Crippen LogP contribution in [-0.4, -0.2) is 25.3 Å². The lowest BCUT2D eigenvalue weighted by atomic mass is 10.1. The molecule has 0 saturated heterocycles. The summed E-state index contributed by atoms with van der Waals surface area (Å²) in [4.78, 5) is 24.9. The molecule has 0 aliphatic rings. The molecule has 3 rings (SSSR count). The fourth-order valence-corrected chi connectivity index (χ4v) is 4.28. The summed E-state index contributed by atoms with van der Waals surface area (Å²) in [5, 5.41) is 20.0. The summed E-state index contributed by atoms with van der Waals surface area (Å²) in [6, 6.07) is 8.83. The van der Waals surface area contributed by atoms with Crippen LogP contribution in [0.15, 0.2) is 52.7 Å². The predicted molar refractivity (Wildman–Crippen MR) is 109 cm³/mol. The Morgan fingerprint density at radius 2 is 1.68 bits per heavy atom. The molecular weight excluding hydrogens is 452 g/mol. The number of rotatable bonds is 6. The van der Waals surface area contributed by atoms with Crippen molar-refractivity contribution in [3.8, 4) is 5.75 Å². The summed E-state index contributed by atoms with van der Waals surface area (Å²) in [7, 11) is -3.83. The highest BCUT2D eigenvalue weighted by Crippen LogP contribution is 2.24. The molecule has 1 aromatic heterocycles. The number of hydrogen-bond donors (Lipinski definition) is 4. The molecule has 0 bridgehead atoms. The zero-order valence-electron chi connectivity index (χ0n) is 15.6. The molecule has 1 heterocycles. The Kier molecular flexibility index (Phi) is 6.34. The summed E-state index contributed by atoms with van der Waals surface area (Å²) in [6.45, 7) is 0.00207.